The third-order valence-electron chi connectivity index (χ3n) is 4.18. The van der Waals surface area contributed by atoms with Crippen LogP contribution in [-0.2, 0) is 0 Å². The maximum atomic E-state index is 2.50. The number of benzene rings is 1. The van der Waals surface area contributed by atoms with Crippen LogP contribution in [0.3, 0.4) is 0 Å². The van der Waals surface area contributed by atoms with Gasteiger partial charge in [-0.25, -0.2) is 0 Å². The van der Waals surface area contributed by atoms with Crippen molar-refractivity contribution in [2.75, 3.05) is 0 Å². The van der Waals surface area contributed by atoms with Crippen LogP contribution in [0.4, 0.5) is 0 Å². The van der Waals surface area contributed by atoms with E-state index in [-0.39, 0.29) is 0 Å². The molecule has 0 aliphatic heterocycles. The molecular weight excluding hydrogens is 254 g/mol. The Morgan fingerprint density at radius 1 is 1.00 bits per heavy atom. The van der Waals surface area contributed by atoms with Crippen molar-refractivity contribution in [1.29, 1.82) is 0 Å². The first-order chi connectivity index (χ1) is 10.2. The number of rotatable bonds is 1. The van der Waals surface area contributed by atoms with E-state index in [2.05, 4.69) is 48.9 Å². The van der Waals surface area contributed by atoms with Gasteiger partial charge in [0.15, 0.2) is 0 Å². The summed E-state index contributed by atoms with van der Waals surface area (Å²) in [6, 6.07) is 9.79. The average Bonchev–Trinajstić information content (AvgIpc) is 2.94. The molecule has 1 aliphatic rings. The normalized spacial score (nSPS) is 21.0. The highest BCUT2D eigenvalue weighted by atomic mass is 15.0. The summed E-state index contributed by atoms with van der Waals surface area (Å²) in [5.74, 6) is 0.886. The van der Waals surface area contributed by atoms with Crippen molar-refractivity contribution in [1.82, 2.24) is 4.57 Å². The summed E-state index contributed by atoms with van der Waals surface area (Å²) < 4.78 is 2.50. The second kappa shape index (κ2) is 8.92. The van der Waals surface area contributed by atoms with Gasteiger partial charge in [0.05, 0.1) is 0 Å². The Morgan fingerprint density at radius 2 is 1.71 bits per heavy atom. The van der Waals surface area contributed by atoms with Crippen LogP contribution in [0.15, 0.2) is 30.5 Å². The molecular formula is C20H33N. The van der Waals surface area contributed by atoms with Gasteiger partial charge in [-0.15, -0.1) is 0 Å². The van der Waals surface area contributed by atoms with Crippen LogP contribution in [0.1, 0.15) is 71.9 Å². The first-order valence-electron chi connectivity index (χ1n) is 8.81. The van der Waals surface area contributed by atoms with Crippen LogP contribution in [0.2, 0.25) is 0 Å². The fourth-order valence-corrected chi connectivity index (χ4v) is 3.26. The second-order valence-electron chi connectivity index (χ2n) is 5.71. The van der Waals surface area contributed by atoms with Gasteiger partial charge in [0, 0.05) is 17.8 Å². The molecule has 0 bridgehead atoms. The molecule has 2 aromatic rings. The minimum atomic E-state index is 0.721. The lowest BCUT2D eigenvalue weighted by molar-refractivity contribution is 0.287. The Labute approximate surface area is 131 Å². The number of hydrogen-bond donors (Lipinski definition) is 0. The predicted molar refractivity (Wildman–Crippen MR) is 96.0 cm³/mol. The van der Waals surface area contributed by atoms with Crippen LogP contribution in [0, 0.1) is 12.8 Å². The molecule has 0 spiro atoms. The van der Waals surface area contributed by atoms with Crippen LogP contribution in [0.25, 0.3) is 10.9 Å². The van der Waals surface area contributed by atoms with Crippen molar-refractivity contribution < 1.29 is 0 Å². The zero-order valence-electron chi connectivity index (χ0n) is 14.8. The number of aryl methyl sites for hydroxylation is 1. The maximum absolute atomic E-state index is 2.50. The van der Waals surface area contributed by atoms with Gasteiger partial charge in [0.2, 0.25) is 0 Å². The summed E-state index contributed by atoms with van der Waals surface area (Å²) in [6.45, 7) is 12.6. The minimum absolute atomic E-state index is 0.721. The molecule has 1 aromatic heterocycles. The summed E-state index contributed by atoms with van der Waals surface area (Å²) in [4.78, 5) is 0. The van der Waals surface area contributed by atoms with Crippen LogP contribution < -0.4 is 0 Å². The van der Waals surface area contributed by atoms with Crippen molar-refractivity contribution in [3.05, 3.63) is 36.0 Å². The van der Waals surface area contributed by atoms with Gasteiger partial charge in [-0.2, -0.15) is 0 Å². The van der Waals surface area contributed by atoms with Gasteiger partial charge < -0.3 is 4.57 Å². The summed E-state index contributed by atoms with van der Waals surface area (Å²) in [5, 5.41) is 1.39. The van der Waals surface area contributed by atoms with Gasteiger partial charge in [-0.05, 0) is 49.3 Å². The quantitative estimate of drug-likeness (QED) is 0.546. The van der Waals surface area contributed by atoms with E-state index >= 15 is 0 Å². The Hall–Kier alpha value is -1.24. The van der Waals surface area contributed by atoms with Gasteiger partial charge in [0.1, 0.15) is 0 Å². The van der Waals surface area contributed by atoms with Crippen molar-refractivity contribution in [3.8, 4) is 0 Å². The molecule has 118 valence electrons. The standard InChI is InChI=1S/C16H21N.2C2H6/c1-12-4-3-5-15(11-12)17-9-8-14-10-13(2)6-7-16(14)17;2*1-2/h6-10,12,15H,3-5,11H2,1-2H3;2*1-2H3. The van der Waals surface area contributed by atoms with Gasteiger partial charge in [0.25, 0.3) is 0 Å². The molecule has 0 saturated heterocycles. The molecule has 1 aliphatic carbocycles. The highest BCUT2D eigenvalue weighted by molar-refractivity contribution is 5.81. The molecule has 2 unspecified atom stereocenters. The van der Waals surface area contributed by atoms with E-state index in [4.69, 9.17) is 0 Å². The van der Waals surface area contributed by atoms with E-state index in [0.717, 1.165) is 12.0 Å². The molecule has 0 amide bonds. The molecule has 3 rings (SSSR count). The molecule has 1 aromatic carbocycles. The molecule has 1 fully saturated rings. The van der Waals surface area contributed by atoms with Crippen molar-refractivity contribution in [2.45, 2.75) is 73.3 Å². The van der Waals surface area contributed by atoms with Gasteiger partial charge in [-0.3, -0.25) is 0 Å². The molecule has 21 heavy (non-hydrogen) atoms. The third kappa shape index (κ3) is 4.36. The lowest BCUT2D eigenvalue weighted by Gasteiger charge is -2.28. The van der Waals surface area contributed by atoms with Crippen LogP contribution in [0.5, 0.6) is 0 Å². The van der Waals surface area contributed by atoms with E-state index in [9.17, 15) is 0 Å². The summed E-state index contributed by atoms with van der Waals surface area (Å²) in [7, 11) is 0. The SMILES string of the molecule is CC.CC.Cc1ccc2c(ccn2C2CCCC(C)C2)c1. The molecule has 1 heteroatoms. The number of nitrogens with zero attached hydrogens (tertiary/aromatic N) is 1. The first-order valence-corrected chi connectivity index (χ1v) is 8.81. The van der Waals surface area contributed by atoms with Crippen molar-refractivity contribution in [3.63, 3.8) is 0 Å². The van der Waals surface area contributed by atoms with Crippen LogP contribution in [-0.4, -0.2) is 4.57 Å². The molecule has 0 radical (unpaired) electrons. The Kier molecular flexibility index (Phi) is 7.56. The first kappa shape index (κ1) is 17.8. The lowest BCUT2D eigenvalue weighted by atomic mass is 9.87. The Morgan fingerprint density at radius 3 is 2.38 bits per heavy atom. The summed E-state index contributed by atoms with van der Waals surface area (Å²) >= 11 is 0. The van der Waals surface area contributed by atoms with Crippen molar-refractivity contribution >= 4 is 10.9 Å². The maximum Gasteiger partial charge on any atom is 0.0483 e. The summed E-state index contributed by atoms with van der Waals surface area (Å²) in [5.41, 5.74) is 2.77. The minimum Gasteiger partial charge on any atom is -0.344 e. The Balaban J connectivity index is 0.000000510. The van der Waals surface area contributed by atoms with Crippen molar-refractivity contribution in [2.24, 2.45) is 5.92 Å². The van der Waals surface area contributed by atoms with E-state index < -0.39 is 0 Å². The number of fused-ring (bicyclic) bond motifs is 1. The van der Waals surface area contributed by atoms with E-state index in [1.165, 1.54) is 42.1 Å². The zero-order chi connectivity index (χ0) is 15.8. The fraction of sp³-hybridized carbons (Fsp3) is 0.600. The number of hydrogen-bond acceptors (Lipinski definition) is 0. The third-order valence-corrected chi connectivity index (χ3v) is 4.18. The fourth-order valence-electron chi connectivity index (χ4n) is 3.26. The number of aromatic nitrogens is 1. The van der Waals surface area contributed by atoms with E-state index in [1.54, 1.807) is 0 Å². The molecule has 2 atom stereocenters. The molecule has 1 nitrogen and oxygen atoms in total. The van der Waals surface area contributed by atoms with Gasteiger partial charge in [-0.1, -0.05) is 59.1 Å². The highest BCUT2D eigenvalue weighted by Gasteiger charge is 2.20. The van der Waals surface area contributed by atoms with Crippen LogP contribution >= 0.6 is 0 Å². The Bertz CT molecular complexity index is 524. The van der Waals surface area contributed by atoms with E-state index in [1.807, 2.05) is 27.7 Å². The average molecular weight is 287 g/mol. The molecule has 0 N–H and O–H groups in total. The smallest absolute Gasteiger partial charge is 0.0483 e. The predicted octanol–water partition coefficient (Wildman–Crippen LogP) is 6.75. The van der Waals surface area contributed by atoms with E-state index in [0.29, 0.717) is 0 Å². The molecule has 1 saturated carbocycles. The topological polar surface area (TPSA) is 4.93 Å². The largest absolute Gasteiger partial charge is 0.344 e. The highest BCUT2D eigenvalue weighted by Crippen LogP contribution is 2.34. The van der Waals surface area contributed by atoms with Gasteiger partial charge >= 0.3 is 0 Å². The lowest BCUT2D eigenvalue weighted by Crippen LogP contribution is -2.16. The summed E-state index contributed by atoms with van der Waals surface area (Å²) in [6.07, 6.45) is 7.78. The monoisotopic (exact) mass is 287 g/mol. The molecule has 1 heterocycles. The zero-order valence-corrected chi connectivity index (χ0v) is 14.8. The second-order valence-corrected chi connectivity index (χ2v) is 5.71.